The number of ether oxygens (including phenoxy) is 1. The van der Waals surface area contributed by atoms with E-state index in [0.29, 0.717) is 24.4 Å². The summed E-state index contributed by atoms with van der Waals surface area (Å²) in [6.07, 6.45) is 2.53. The van der Waals surface area contributed by atoms with Gasteiger partial charge in [0.25, 0.3) is 0 Å². The van der Waals surface area contributed by atoms with Gasteiger partial charge >= 0.3 is 5.69 Å². The predicted octanol–water partition coefficient (Wildman–Crippen LogP) is 3.43. The van der Waals surface area contributed by atoms with Crippen LogP contribution in [0.3, 0.4) is 0 Å². The maximum absolute atomic E-state index is 12.7. The topological polar surface area (TPSA) is 114 Å². The van der Waals surface area contributed by atoms with E-state index in [1.807, 2.05) is 6.07 Å². The fourth-order valence-corrected chi connectivity index (χ4v) is 4.40. The third-order valence-corrected chi connectivity index (χ3v) is 6.19. The van der Waals surface area contributed by atoms with Gasteiger partial charge in [0, 0.05) is 19.2 Å². The molecule has 0 unspecified atom stereocenters. The average molecular weight is 387 g/mol. The molecule has 2 aromatic carbocycles. The number of piperidine rings is 1. The normalized spacial score (nSPS) is 15.1. The highest BCUT2D eigenvalue weighted by Gasteiger charge is 2.29. The van der Waals surface area contributed by atoms with Gasteiger partial charge in [-0.25, -0.2) is 8.42 Å². The summed E-state index contributed by atoms with van der Waals surface area (Å²) in [5.74, 6) is 0.242. The van der Waals surface area contributed by atoms with Crippen LogP contribution in [-0.2, 0) is 10.0 Å². The zero-order valence-electron chi connectivity index (χ0n) is 14.4. The van der Waals surface area contributed by atoms with Crippen molar-refractivity contribution in [2.45, 2.75) is 24.2 Å². The number of rotatable bonds is 5. The first-order chi connectivity index (χ1) is 12.9. The van der Waals surface area contributed by atoms with Crippen molar-refractivity contribution in [2.75, 3.05) is 13.1 Å². The Hall–Kier alpha value is -2.96. The number of sulfonamides is 1. The minimum atomic E-state index is -3.78. The van der Waals surface area contributed by atoms with Crippen molar-refractivity contribution in [2.24, 2.45) is 0 Å². The Balaban J connectivity index is 1.92. The summed E-state index contributed by atoms with van der Waals surface area (Å²) >= 11 is 0. The number of nitrogens with zero attached hydrogens (tertiary/aromatic N) is 3. The molecule has 0 aromatic heterocycles. The standard InChI is InChI=1S/C18H17N3O5S/c19-13-14-4-6-15(7-5-14)26-18-9-8-16(12-17(18)21(22)23)27(24,25)20-10-2-1-3-11-20/h4-9,12H,1-3,10-11H2. The third-order valence-electron chi connectivity index (χ3n) is 4.29. The Morgan fingerprint density at radius 2 is 1.74 bits per heavy atom. The lowest BCUT2D eigenvalue weighted by atomic mass is 10.2. The van der Waals surface area contributed by atoms with E-state index in [1.54, 1.807) is 0 Å². The molecule has 140 valence electrons. The maximum Gasteiger partial charge on any atom is 0.312 e. The van der Waals surface area contributed by atoms with Gasteiger partial charge in [-0.2, -0.15) is 9.57 Å². The summed E-state index contributed by atoms with van der Waals surface area (Å²) in [4.78, 5) is 10.6. The molecule has 1 fully saturated rings. The van der Waals surface area contributed by atoms with Gasteiger partial charge in [0.1, 0.15) is 5.75 Å². The number of nitro benzene ring substituents is 1. The van der Waals surface area contributed by atoms with Crippen LogP contribution < -0.4 is 4.74 Å². The molecular formula is C18H17N3O5S. The highest BCUT2D eigenvalue weighted by atomic mass is 32.2. The zero-order chi connectivity index (χ0) is 19.4. The SMILES string of the molecule is N#Cc1ccc(Oc2ccc(S(=O)(=O)N3CCCCC3)cc2[N+](=O)[O-])cc1. The molecule has 1 heterocycles. The first-order valence-corrected chi connectivity index (χ1v) is 9.82. The minimum absolute atomic E-state index is 0.0673. The third kappa shape index (κ3) is 4.07. The molecule has 0 bridgehead atoms. The van der Waals surface area contributed by atoms with Gasteiger partial charge in [0.15, 0.2) is 0 Å². The Kier molecular flexibility index (Phi) is 5.39. The Morgan fingerprint density at radius 1 is 1.07 bits per heavy atom. The van der Waals surface area contributed by atoms with Crippen molar-refractivity contribution < 1.29 is 18.1 Å². The van der Waals surface area contributed by atoms with Gasteiger partial charge in [-0.05, 0) is 49.2 Å². The summed E-state index contributed by atoms with van der Waals surface area (Å²) in [5, 5.41) is 20.3. The van der Waals surface area contributed by atoms with Crippen LogP contribution in [-0.4, -0.2) is 30.7 Å². The zero-order valence-corrected chi connectivity index (χ0v) is 15.2. The minimum Gasteiger partial charge on any atom is -0.450 e. The van der Waals surface area contributed by atoms with E-state index >= 15 is 0 Å². The second kappa shape index (κ2) is 7.73. The van der Waals surface area contributed by atoms with Crippen molar-refractivity contribution in [3.05, 3.63) is 58.1 Å². The van der Waals surface area contributed by atoms with E-state index in [0.717, 1.165) is 25.3 Å². The van der Waals surface area contributed by atoms with Crippen molar-refractivity contribution in [3.8, 4) is 17.6 Å². The van der Waals surface area contributed by atoms with Crippen molar-refractivity contribution in [3.63, 3.8) is 0 Å². The molecule has 0 N–H and O–H groups in total. The number of hydrogen-bond donors (Lipinski definition) is 0. The summed E-state index contributed by atoms with van der Waals surface area (Å²) in [7, 11) is -3.78. The Morgan fingerprint density at radius 3 is 2.33 bits per heavy atom. The molecule has 1 saturated heterocycles. The van der Waals surface area contributed by atoms with E-state index < -0.39 is 20.6 Å². The van der Waals surface area contributed by atoms with Crippen LogP contribution >= 0.6 is 0 Å². The van der Waals surface area contributed by atoms with Gasteiger partial charge in [-0.15, -0.1) is 0 Å². The van der Waals surface area contributed by atoms with E-state index in [9.17, 15) is 18.5 Å². The quantitative estimate of drug-likeness (QED) is 0.573. The summed E-state index contributed by atoms with van der Waals surface area (Å²) < 4.78 is 32.3. The highest BCUT2D eigenvalue weighted by Crippen LogP contribution is 2.34. The first-order valence-electron chi connectivity index (χ1n) is 8.38. The summed E-state index contributed by atoms with van der Waals surface area (Å²) in [6.45, 7) is 0.833. The lowest BCUT2D eigenvalue weighted by Crippen LogP contribution is -2.35. The molecule has 8 nitrogen and oxygen atoms in total. The number of nitro groups is 1. The van der Waals surface area contributed by atoms with E-state index in [4.69, 9.17) is 10.00 Å². The molecule has 0 radical (unpaired) electrons. The lowest BCUT2D eigenvalue weighted by Gasteiger charge is -2.25. The Bertz CT molecular complexity index is 991. The van der Waals surface area contributed by atoms with Crippen LogP contribution in [0, 0.1) is 21.4 Å². The Labute approximate surface area is 156 Å². The molecule has 27 heavy (non-hydrogen) atoms. The van der Waals surface area contributed by atoms with Crippen LogP contribution in [0.1, 0.15) is 24.8 Å². The summed E-state index contributed by atoms with van der Waals surface area (Å²) in [5.41, 5.74) is -0.00253. The maximum atomic E-state index is 12.7. The lowest BCUT2D eigenvalue weighted by molar-refractivity contribution is -0.385. The molecule has 2 aromatic rings. The van der Waals surface area contributed by atoms with E-state index in [1.165, 1.54) is 40.7 Å². The van der Waals surface area contributed by atoms with Crippen molar-refractivity contribution >= 4 is 15.7 Å². The number of nitriles is 1. The predicted molar refractivity (Wildman–Crippen MR) is 96.9 cm³/mol. The molecule has 1 aliphatic heterocycles. The van der Waals surface area contributed by atoms with Crippen LogP contribution in [0.5, 0.6) is 11.5 Å². The molecular weight excluding hydrogens is 370 g/mol. The van der Waals surface area contributed by atoms with Gasteiger partial charge in [0.05, 0.1) is 21.5 Å². The van der Waals surface area contributed by atoms with Crippen molar-refractivity contribution in [1.82, 2.24) is 4.31 Å². The van der Waals surface area contributed by atoms with Gasteiger partial charge in [-0.1, -0.05) is 6.42 Å². The molecule has 0 amide bonds. The van der Waals surface area contributed by atoms with Gasteiger partial charge in [-0.3, -0.25) is 10.1 Å². The molecule has 0 saturated carbocycles. The van der Waals surface area contributed by atoms with Crippen LogP contribution in [0.15, 0.2) is 47.4 Å². The smallest absolute Gasteiger partial charge is 0.312 e. The first kappa shape index (κ1) is 18.8. The van der Waals surface area contributed by atoms with E-state index in [-0.39, 0.29) is 10.6 Å². The summed E-state index contributed by atoms with van der Waals surface area (Å²) in [6, 6.07) is 11.7. The molecule has 0 spiro atoms. The highest BCUT2D eigenvalue weighted by molar-refractivity contribution is 7.89. The van der Waals surface area contributed by atoms with Gasteiger partial charge < -0.3 is 4.74 Å². The molecule has 1 aliphatic rings. The number of benzene rings is 2. The molecule has 9 heteroatoms. The molecule has 3 rings (SSSR count). The molecule has 0 aliphatic carbocycles. The average Bonchev–Trinajstić information content (AvgIpc) is 2.69. The largest absolute Gasteiger partial charge is 0.450 e. The number of hydrogen-bond acceptors (Lipinski definition) is 6. The van der Waals surface area contributed by atoms with Crippen LogP contribution in [0.4, 0.5) is 5.69 Å². The second-order valence-corrected chi connectivity index (χ2v) is 8.03. The van der Waals surface area contributed by atoms with E-state index in [2.05, 4.69) is 0 Å². The fourth-order valence-electron chi connectivity index (χ4n) is 2.87. The second-order valence-electron chi connectivity index (χ2n) is 6.09. The molecule has 0 atom stereocenters. The van der Waals surface area contributed by atoms with Crippen LogP contribution in [0.25, 0.3) is 0 Å². The van der Waals surface area contributed by atoms with Crippen LogP contribution in [0.2, 0.25) is 0 Å². The monoisotopic (exact) mass is 387 g/mol. The fraction of sp³-hybridized carbons (Fsp3) is 0.278. The van der Waals surface area contributed by atoms with Crippen molar-refractivity contribution in [1.29, 1.82) is 5.26 Å². The van der Waals surface area contributed by atoms with Gasteiger partial charge in [0.2, 0.25) is 15.8 Å².